The summed E-state index contributed by atoms with van der Waals surface area (Å²) in [6.07, 6.45) is 4.53. The topological polar surface area (TPSA) is 12.9 Å². The largest absolute Gasteiger partial charge is 0.260 e. The monoisotopic (exact) mass is 175 g/mol. The summed E-state index contributed by atoms with van der Waals surface area (Å²) < 4.78 is 0. The zero-order chi connectivity index (χ0) is 9.42. The van der Waals surface area contributed by atoms with Crippen LogP contribution in [0.3, 0.4) is 0 Å². The van der Waals surface area contributed by atoms with E-state index >= 15 is 0 Å². The highest BCUT2D eigenvalue weighted by atomic mass is 14.7. The number of pyridine rings is 1. The third-order valence-corrected chi connectivity index (χ3v) is 3.29. The lowest BCUT2D eigenvalue weighted by molar-refractivity contribution is 0.416. The van der Waals surface area contributed by atoms with E-state index in [1.807, 2.05) is 6.20 Å². The Morgan fingerprint density at radius 3 is 2.92 bits per heavy atom. The molecule has 0 aliphatic heterocycles. The van der Waals surface area contributed by atoms with Gasteiger partial charge in [-0.2, -0.15) is 0 Å². The number of aryl methyl sites for hydroxylation is 2. The van der Waals surface area contributed by atoms with Gasteiger partial charge in [0.2, 0.25) is 0 Å². The SMILES string of the molecule is Cc1cnc2c(c1)CCC(C)C2C. The molecular formula is C12H17N. The summed E-state index contributed by atoms with van der Waals surface area (Å²) in [5.41, 5.74) is 4.11. The van der Waals surface area contributed by atoms with Gasteiger partial charge in [0, 0.05) is 17.8 Å². The molecule has 0 saturated carbocycles. The van der Waals surface area contributed by atoms with Crippen LogP contribution < -0.4 is 0 Å². The maximum absolute atomic E-state index is 4.55. The Morgan fingerprint density at radius 2 is 2.15 bits per heavy atom. The summed E-state index contributed by atoms with van der Waals surface area (Å²) in [6, 6.07) is 2.30. The van der Waals surface area contributed by atoms with Crippen molar-refractivity contribution in [3.63, 3.8) is 0 Å². The van der Waals surface area contributed by atoms with E-state index in [1.54, 1.807) is 0 Å². The molecule has 1 heteroatoms. The molecule has 2 atom stereocenters. The number of fused-ring (bicyclic) bond motifs is 1. The molecule has 1 heterocycles. The Balaban J connectivity index is 2.44. The van der Waals surface area contributed by atoms with Crippen molar-refractivity contribution in [3.05, 3.63) is 29.1 Å². The molecule has 1 aliphatic carbocycles. The minimum atomic E-state index is 0.643. The second-order valence-corrected chi connectivity index (χ2v) is 4.36. The molecule has 1 aliphatic rings. The minimum absolute atomic E-state index is 0.643. The molecule has 1 aromatic heterocycles. The molecule has 0 saturated heterocycles. The van der Waals surface area contributed by atoms with Crippen LogP contribution in [0.4, 0.5) is 0 Å². The van der Waals surface area contributed by atoms with E-state index in [-0.39, 0.29) is 0 Å². The zero-order valence-electron chi connectivity index (χ0n) is 8.67. The first-order valence-corrected chi connectivity index (χ1v) is 5.14. The van der Waals surface area contributed by atoms with Crippen LogP contribution in [0.2, 0.25) is 0 Å². The van der Waals surface area contributed by atoms with Crippen LogP contribution in [0.5, 0.6) is 0 Å². The summed E-state index contributed by atoms with van der Waals surface area (Å²) in [4.78, 5) is 4.55. The molecule has 13 heavy (non-hydrogen) atoms. The lowest BCUT2D eigenvalue weighted by Gasteiger charge is -2.27. The van der Waals surface area contributed by atoms with Gasteiger partial charge in [-0.3, -0.25) is 4.98 Å². The van der Waals surface area contributed by atoms with Gasteiger partial charge in [0.25, 0.3) is 0 Å². The van der Waals surface area contributed by atoms with E-state index in [0.29, 0.717) is 5.92 Å². The van der Waals surface area contributed by atoms with Crippen molar-refractivity contribution in [2.45, 2.75) is 39.5 Å². The molecule has 0 bridgehead atoms. The molecule has 0 fully saturated rings. The number of aromatic nitrogens is 1. The van der Waals surface area contributed by atoms with Crippen LogP contribution in [-0.4, -0.2) is 4.98 Å². The normalized spacial score (nSPS) is 27.0. The van der Waals surface area contributed by atoms with Crippen molar-refractivity contribution in [1.29, 1.82) is 0 Å². The van der Waals surface area contributed by atoms with Crippen molar-refractivity contribution in [3.8, 4) is 0 Å². The highest BCUT2D eigenvalue weighted by molar-refractivity contribution is 5.29. The van der Waals surface area contributed by atoms with Crippen LogP contribution in [0.25, 0.3) is 0 Å². The van der Waals surface area contributed by atoms with E-state index < -0.39 is 0 Å². The molecule has 0 aromatic carbocycles. The standard InChI is InChI=1S/C12H17N/c1-8-6-11-5-4-9(2)10(3)12(11)13-7-8/h6-7,9-10H,4-5H2,1-3H3. The number of nitrogens with zero attached hydrogens (tertiary/aromatic N) is 1. The maximum Gasteiger partial charge on any atom is 0.0466 e. The van der Waals surface area contributed by atoms with Gasteiger partial charge in [-0.1, -0.05) is 19.9 Å². The average Bonchev–Trinajstić information content (AvgIpc) is 2.12. The molecule has 0 N–H and O–H groups in total. The molecule has 1 aromatic rings. The van der Waals surface area contributed by atoms with E-state index in [2.05, 4.69) is 31.8 Å². The first kappa shape index (κ1) is 8.74. The Kier molecular flexibility index (Phi) is 2.10. The number of rotatable bonds is 0. The van der Waals surface area contributed by atoms with Crippen molar-refractivity contribution in [2.75, 3.05) is 0 Å². The van der Waals surface area contributed by atoms with Gasteiger partial charge in [0.05, 0.1) is 0 Å². The first-order chi connectivity index (χ1) is 6.18. The maximum atomic E-state index is 4.55. The molecule has 0 amide bonds. The summed E-state index contributed by atoms with van der Waals surface area (Å²) >= 11 is 0. The van der Waals surface area contributed by atoms with Crippen molar-refractivity contribution >= 4 is 0 Å². The fourth-order valence-corrected chi connectivity index (χ4v) is 2.15. The second-order valence-electron chi connectivity index (χ2n) is 4.36. The van der Waals surface area contributed by atoms with Gasteiger partial charge in [0.1, 0.15) is 0 Å². The fraction of sp³-hybridized carbons (Fsp3) is 0.583. The Morgan fingerprint density at radius 1 is 1.38 bits per heavy atom. The Labute approximate surface area is 80.2 Å². The third-order valence-electron chi connectivity index (χ3n) is 3.29. The smallest absolute Gasteiger partial charge is 0.0466 e. The summed E-state index contributed by atoms with van der Waals surface area (Å²) in [6.45, 7) is 6.75. The molecule has 0 radical (unpaired) electrons. The summed E-state index contributed by atoms with van der Waals surface area (Å²) in [5, 5.41) is 0. The lowest BCUT2D eigenvalue weighted by atomic mass is 9.80. The highest BCUT2D eigenvalue weighted by Gasteiger charge is 2.23. The fourth-order valence-electron chi connectivity index (χ4n) is 2.15. The molecule has 2 rings (SSSR count). The second kappa shape index (κ2) is 3.13. The van der Waals surface area contributed by atoms with E-state index in [9.17, 15) is 0 Å². The summed E-state index contributed by atoms with van der Waals surface area (Å²) in [5.74, 6) is 1.44. The third kappa shape index (κ3) is 1.48. The van der Waals surface area contributed by atoms with Crippen molar-refractivity contribution in [1.82, 2.24) is 4.98 Å². The van der Waals surface area contributed by atoms with Gasteiger partial charge >= 0.3 is 0 Å². The van der Waals surface area contributed by atoms with Crippen LogP contribution in [0.1, 0.15) is 43.0 Å². The van der Waals surface area contributed by atoms with E-state index in [0.717, 1.165) is 5.92 Å². The van der Waals surface area contributed by atoms with Gasteiger partial charge in [-0.25, -0.2) is 0 Å². The van der Waals surface area contributed by atoms with Crippen LogP contribution in [0, 0.1) is 12.8 Å². The van der Waals surface area contributed by atoms with Crippen LogP contribution in [-0.2, 0) is 6.42 Å². The number of hydrogen-bond acceptors (Lipinski definition) is 1. The Hall–Kier alpha value is -0.850. The first-order valence-electron chi connectivity index (χ1n) is 5.14. The molecular weight excluding hydrogens is 158 g/mol. The summed E-state index contributed by atoms with van der Waals surface area (Å²) in [7, 11) is 0. The van der Waals surface area contributed by atoms with Gasteiger partial charge in [0.15, 0.2) is 0 Å². The zero-order valence-corrected chi connectivity index (χ0v) is 8.67. The minimum Gasteiger partial charge on any atom is -0.260 e. The Bertz CT molecular complexity index is 317. The molecule has 0 spiro atoms. The van der Waals surface area contributed by atoms with E-state index in [4.69, 9.17) is 0 Å². The van der Waals surface area contributed by atoms with Crippen molar-refractivity contribution in [2.24, 2.45) is 5.92 Å². The van der Waals surface area contributed by atoms with Gasteiger partial charge in [-0.05, 0) is 36.8 Å². The van der Waals surface area contributed by atoms with Crippen LogP contribution >= 0.6 is 0 Å². The van der Waals surface area contributed by atoms with Gasteiger partial charge < -0.3 is 0 Å². The van der Waals surface area contributed by atoms with Crippen molar-refractivity contribution < 1.29 is 0 Å². The molecule has 70 valence electrons. The van der Waals surface area contributed by atoms with E-state index in [1.165, 1.54) is 29.7 Å². The quantitative estimate of drug-likeness (QED) is 0.590. The average molecular weight is 175 g/mol. The molecule has 2 unspecified atom stereocenters. The van der Waals surface area contributed by atoms with Gasteiger partial charge in [-0.15, -0.1) is 0 Å². The number of hydrogen-bond donors (Lipinski definition) is 0. The lowest BCUT2D eigenvalue weighted by Crippen LogP contribution is -2.17. The highest BCUT2D eigenvalue weighted by Crippen LogP contribution is 2.34. The predicted molar refractivity (Wildman–Crippen MR) is 54.9 cm³/mol. The van der Waals surface area contributed by atoms with Crippen LogP contribution in [0.15, 0.2) is 12.3 Å². The predicted octanol–water partition coefficient (Wildman–Crippen LogP) is 3.08. The molecule has 1 nitrogen and oxygen atoms in total.